The Bertz CT molecular complexity index is 467. The van der Waals surface area contributed by atoms with Crippen LogP contribution in [0.4, 0.5) is 5.13 Å². The number of nitrogens with zero attached hydrogens (tertiary/aromatic N) is 2. The number of nitrogens with two attached hydrogens (primary N) is 1. The minimum Gasteiger partial charge on any atom is -0.466 e. The third-order valence-electron chi connectivity index (χ3n) is 3.14. The largest absolute Gasteiger partial charge is 0.466 e. The van der Waals surface area contributed by atoms with E-state index in [0.29, 0.717) is 43.4 Å². The van der Waals surface area contributed by atoms with Gasteiger partial charge >= 0.3 is 5.97 Å². The zero-order valence-electron chi connectivity index (χ0n) is 10.8. The Balaban J connectivity index is 1.89. The van der Waals surface area contributed by atoms with E-state index in [4.69, 9.17) is 10.5 Å². The normalized spacial score (nSPS) is 16.4. The van der Waals surface area contributed by atoms with Crippen molar-refractivity contribution in [1.29, 1.82) is 0 Å². The van der Waals surface area contributed by atoms with Crippen molar-refractivity contribution < 1.29 is 14.3 Å². The second kappa shape index (κ2) is 6.01. The van der Waals surface area contributed by atoms with Crippen LogP contribution >= 0.6 is 11.3 Å². The van der Waals surface area contributed by atoms with Crippen molar-refractivity contribution in [1.82, 2.24) is 9.88 Å². The van der Waals surface area contributed by atoms with Gasteiger partial charge in [-0.25, -0.2) is 4.98 Å². The van der Waals surface area contributed by atoms with Crippen LogP contribution in [0.25, 0.3) is 0 Å². The predicted molar refractivity (Wildman–Crippen MR) is 71.8 cm³/mol. The van der Waals surface area contributed by atoms with Crippen molar-refractivity contribution in [3.63, 3.8) is 0 Å². The number of piperidine rings is 1. The van der Waals surface area contributed by atoms with Crippen molar-refractivity contribution >= 4 is 28.3 Å². The summed E-state index contributed by atoms with van der Waals surface area (Å²) in [4.78, 5) is 29.4. The molecular weight excluding hydrogens is 266 g/mol. The standard InChI is InChI=1S/C12H17N3O3S/c1-2-18-11(17)8-3-5-15(6-4-8)10(16)9-7-19-12(13)14-9/h7-8H,2-6H2,1H3,(H2,13,14). The molecule has 7 heteroatoms. The average molecular weight is 283 g/mol. The van der Waals surface area contributed by atoms with E-state index in [9.17, 15) is 9.59 Å². The van der Waals surface area contributed by atoms with E-state index in [-0.39, 0.29) is 17.8 Å². The van der Waals surface area contributed by atoms with Crippen LogP contribution in [0.5, 0.6) is 0 Å². The van der Waals surface area contributed by atoms with Gasteiger partial charge in [0, 0.05) is 18.5 Å². The van der Waals surface area contributed by atoms with Crippen LogP contribution in [-0.4, -0.2) is 41.5 Å². The lowest BCUT2D eigenvalue weighted by Crippen LogP contribution is -2.40. The molecule has 2 heterocycles. The Morgan fingerprint density at radius 2 is 2.21 bits per heavy atom. The molecule has 0 unspecified atom stereocenters. The molecular formula is C12H17N3O3S. The fourth-order valence-electron chi connectivity index (χ4n) is 2.13. The first-order valence-corrected chi connectivity index (χ1v) is 7.16. The Morgan fingerprint density at radius 1 is 1.53 bits per heavy atom. The van der Waals surface area contributed by atoms with Crippen molar-refractivity contribution in [3.05, 3.63) is 11.1 Å². The number of amides is 1. The molecule has 1 aliphatic rings. The van der Waals surface area contributed by atoms with Crippen LogP contribution in [0.1, 0.15) is 30.3 Å². The highest BCUT2D eigenvalue weighted by atomic mass is 32.1. The Morgan fingerprint density at radius 3 is 2.74 bits per heavy atom. The molecule has 0 spiro atoms. The fraction of sp³-hybridized carbons (Fsp3) is 0.583. The third kappa shape index (κ3) is 3.23. The van der Waals surface area contributed by atoms with Crippen LogP contribution in [0.2, 0.25) is 0 Å². The van der Waals surface area contributed by atoms with Gasteiger partial charge in [-0.2, -0.15) is 0 Å². The maximum Gasteiger partial charge on any atom is 0.309 e. The molecule has 1 aliphatic heterocycles. The highest BCUT2D eigenvalue weighted by Gasteiger charge is 2.29. The van der Waals surface area contributed by atoms with Gasteiger partial charge in [0.2, 0.25) is 0 Å². The molecule has 1 fully saturated rings. The molecule has 0 bridgehead atoms. The average Bonchev–Trinajstić information content (AvgIpc) is 2.85. The molecule has 1 amide bonds. The molecule has 0 aromatic carbocycles. The number of hydrogen-bond acceptors (Lipinski definition) is 6. The molecule has 2 N–H and O–H groups in total. The summed E-state index contributed by atoms with van der Waals surface area (Å²) in [7, 11) is 0. The molecule has 2 rings (SSSR count). The third-order valence-corrected chi connectivity index (χ3v) is 3.82. The number of esters is 1. The van der Waals surface area contributed by atoms with E-state index in [2.05, 4.69) is 4.98 Å². The Kier molecular flexibility index (Phi) is 4.36. The number of nitrogen functional groups attached to an aromatic ring is 1. The Hall–Kier alpha value is -1.63. The molecule has 6 nitrogen and oxygen atoms in total. The van der Waals surface area contributed by atoms with E-state index < -0.39 is 0 Å². The van der Waals surface area contributed by atoms with E-state index >= 15 is 0 Å². The summed E-state index contributed by atoms with van der Waals surface area (Å²) >= 11 is 1.25. The maximum atomic E-state index is 12.1. The van der Waals surface area contributed by atoms with E-state index in [1.54, 1.807) is 17.2 Å². The first kappa shape index (κ1) is 13.8. The van der Waals surface area contributed by atoms with Gasteiger partial charge in [-0.05, 0) is 19.8 Å². The molecule has 0 saturated carbocycles. The van der Waals surface area contributed by atoms with Crippen molar-refractivity contribution in [2.24, 2.45) is 5.92 Å². The number of likely N-dealkylation sites (tertiary alicyclic amines) is 1. The van der Waals surface area contributed by atoms with Gasteiger partial charge in [0.25, 0.3) is 5.91 Å². The number of aromatic nitrogens is 1. The minimum absolute atomic E-state index is 0.0931. The number of carbonyl (C=O) groups excluding carboxylic acids is 2. The molecule has 1 saturated heterocycles. The predicted octanol–water partition coefficient (Wildman–Crippen LogP) is 1.14. The molecule has 0 aliphatic carbocycles. The molecule has 0 radical (unpaired) electrons. The van der Waals surface area contributed by atoms with Gasteiger partial charge < -0.3 is 15.4 Å². The number of rotatable bonds is 3. The van der Waals surface area contributed by atoms with Crippen molar-refractivity contribution in [3.8, 4) is 0 Å². The van der Waals surface area contributed by atoms with Gasteiger partial charge in [-0.3, -0.25) is 9.59 Å². The lowest BCUT2D eigenvalue weighted by atomic mass is 9.97. The van der Waals surface area contributed by atoms with Gasteiger partial charge in [0.15, 0.2) is 5.13 Å². The number of anilines is 1. The van der Waals surface area contributed by atoms with Gasteiger partial charge in [0.1, 0.15) is 5.69 Å². The number of ether oxygens (including phenoxy) is 1. The van der Waals surface area contributed by atoms with Crippen LogP contribution in [0.15, 0.2) is 5.38 Å². The summed E-state index contributed by atoms with van der Waals surface area (Å²) in [5, 5.41) is 2.06. The van der Waals surface area contributed by atoms with Crippen LogP contribution in [0.3, 0.4) is 0 Å². The molecule has 19 heavy (non-hydrogen) atoms. The highest BCUT2D eigenvalue weighted by molar-refractivity contribution is 7.13. The minimum atomic E-state index is -0.160. The summed E-state index contributed by atoms with van der Waals surface area (Å²) in [5.41, 5.74) is 5.90. The lowest BCUT2D eigenvalue weighted by Gasteiger charge is -2.30. The highest BCUT2D eigenvalue weighted by Crippen LogP contribution is 2.21. The molecule has 1 aromatic heterocycles. The topological polar surface area (TPSA) is 85.5 Å². The number of carbonyl (C=O) groups is 2. The first-order chi connectivity index (χ1) is 9.11. The van der Waals surface area contributed by atoms with Crippen LogP contribution in [0, 0.1) is 5.92 Å². The summed E-state index contributed by atoms with van der Waals surface area (Å²) < 4.78 is 5.00. The van der Waals surface area contributed by atoms with Crippen LogP contribution < -0.4 is 5.73 Å². The Labute approximate surface area is 115 Å². The van der Waals surface area contributed by atoms with Crippen molar-refractivity contribution in [2.75, 3.05) is 25.4 Å². The molecule has 0 atom stereocenters. The van der Waals surface area contributed by atoms with Gasteiger partial charge in [-0.1, -0.05) is 0 Å². The maximum absolute atomic E-state index is 12.1. The zero-order chi connectivity index (χ0) is 13.8. The summed E-state index contributed by atoms with van der Waals surface area (Å²) in [5.74, 6) is -0.368. The van der Waals surface area contributed by atoms with Crippen molar-refractivity contribution in [2.45, 2.75) is 19.8 Å². The van der Waals surface area contributed by atoms with Crippen LogP contribution in [-0.2, 0) is 9.53 Å². The second-order valence-corrected chi connectivity index (χ2v) is 5.28. The van der Waals surface area contributed by atoms with E-state index in [1.807, 2.05) is 0 Å². The van der Waals surface area contributed by atoms with Gasteiger partial charge in [-0.15, -0.1) is 11.3 Å². The number of thiazole rings is 1. The lowest BCUT2D eigenvalue weighted by molar-refractivity contribution is -0.149. The molecule has 1 aromatic rings. The van der Waals surface area contributed by atoms with Gasteiger partial charge in [0.05, 0.1) is 12.5 Å². The molecule has 104 valence electrons. The SMILES string of the molecule is CCOC(=O)C1CCN(C(=O)c2csc(N)n2)CC1. The summed E-state index contributed by atoms with van der Waals surface area (Å²) in [6.45, 7) is 3.30. The number of hydrogen-bond donors (Lipinski definition) is 1. The second-order valence-electron chi connectivity index (χ2n) is 4.39. The summed E-state index contributed by atoms with van der Waals surface area (Å²) in [6, 6.07) is 0. The monoisotopic (exact) mass is 283 g/mol. The van der Waals surface area contributed by atoms with E-state index in [1.165, 1.54) is 11.3 Å². The smallest absolute Gasteiger partial charge is 0.309 e. The summed E-state index contributed by atoms with van der Waals surface area (Å²) in [6.07, 6.45) is 1.29. The quantitative estimate of drug-likeness (QED) is 0.841. The van der Waals surface area contributed by atoms with E-state index in [0.717, 1.165) is 0 Å². The zero-order valence-corrected chi connectivity index (χ0v) is 11.6. The fourth-order valence-corrected chi connectivity index (χ4v) is 2.66. The first-order valence-electron chi connectivity index (χ1n) is 6.28.